The Morgan fingerprint density at radius 3 is 1.18 bits per heavy atom. The lowest BCUT2D eigenvalue weighted by Gasteiger charge is -2.48. The van der Waals surface area contributed by atoms with Gasteiger partial charge < -0.3 is 89.9 Å². The van der Waals surface area contributed by atoms with Crippen LogP contribution in [0, 0.1) is 0 Å². The van der Waals surface area contributed by atoms with Crippen LogP contribution in [0.25, 0.3) is 0 Å². The monoisotopic (exact) mass is 1250 g/mol. The molecule has 17 unspecified atom stereocenters. The van der Waals surface area contributed by atoms with Gasteiger partial charge in [0.1, 0.15) is 73.2 Å². The van der Waals surface area contributed by atoms with E-state index in [1.165, 1.54) is 167 Å². The van der Waals surface area contributed by atoms with Crippen LogP contribution >= 0.6 is 0 Å². The number of unbranched alkanes of at least 4 members (excludes halogenated alkanes) is 34. The van der Waals surface area contributed by atoms with Crippen LogP contribution in [0.4, 0.5) is 0 Å². The number of aliphatic hydroxyl groups excluding tert-OH is 11. The standard InChI is InChI=1S/C68H127NO18/c1-3-5-7-9-11-13-15-17-19-21-23-24-25-26-27-28-29-31-33-35-37-39-41-43-45-52(73)51(69-56(74)46-44-42-40-38-36-34-32-30-22-20-18-16-14-12-10-8-6-4-2)50-82-66-62(80)59(77)64(54(48-71)84-66)87-68-63(81)60(78)65(55(49-72)85-68)86-67-61(79)58(76)57(75)53(47-70)83-67/h14,16,20,22,51-55,57-68,70-73,75-81H,3-13,15,17-19,21,23-50H2,1-2H3,(H,69,74)/b16-14-,22-20-. The van der Waals surface area contributed by atoms with Gasteiger partial charge in [-0.3, -0.25) is 4.79 Å². The second-order valence-corrected chi connectivity index (χ2v) is 25.3. The molecular weight excluding hydrogens is 1120 g/mol. The van der Waals surface area contributed by atoms with Crippen molar-refractivity contribution >= 4 is 5.91 Å². The van der Waals surface area contributed by atoms with Gasteiger partial charge in [-0.25, -0.2) is 0 Å². The predicted molar refractivity (Wildman–Crippen MR) is 337 cm³/mol. The molecule has 19 heteroatoms. The summed E-state index contributed by atoms with van der Waals surface area (Å²) in [7, 11) is 0. The summed E-state index contributed by atoms with van der Waals surface area (Å²) in [5.74, 6) is -0.248. The summed E-state index contributed by atoms with van der Waals surface area (Å²) >= 11 is 0. The van der Waals surface area contributed by atoms with Crippen LogP contribution in [0.5, 0.6) is 0 Å². The number of nitrogens with one attached hydrogen (secondary N) is 1. The predicted octanol–water partition coefficient (Wildman–Crippen LogP) is 9.05. The first-order valence-electron chi connectivity index (χ1n) is 35.1. The second-order valence-electron chi connectivity index (χ2n) is 25.3. The van der Waals surface area contributed by atoms with Crippen molar-refractivity contribution in [1.29, 1.82) is 0 Å². The van der Waals surface area contributed by atoms with Gasteiger partial charge in [-0.1, -0.05) is 244 Å². The maximum atomic E-state index is 13.4. The largest absolute Gasteiger partial charge is 0.394 e. The smallest absolute Gasteiger partial charge is 0.220 e. The number of aliphatic hydroxyl groups is 11. The van der Waals surface area contributed by atoms with Crippen molar-refractivity contribution in [2.24, 2.45) is 0 Å². The summed E-state index contributed by atoms with van der Waals surface area (Å²) in [4.78, 5) is 13.4. The maximum Gasteiger partial charge on any atom is 0.220 e. The number of rotatable bonds is 54. The van der Waals surface area contributed by atoms with Crippen molar-refractivity contribution < 1.29 is 89.4 Å². The Bertz CT molecular complexity index is 1680. The van der Waals surface area contributed by atoms with E-state index >= 15 is 0 Å². The summed E-state index contributed by atoms with van der Waals surface area (Å²) in [6, 6.07) is -0.891. The first kappa shape index (κ1) is 79.5. The average molecular weight is 1250 g/mol. The van der Waals surface area contributed by atoms with Gasteiger partial charge in [-0.2, -0.15) is 0 Å². The Balaban J connectivity index is 1.43. The molecule has 3 heterocycles. The highest BCUT2D eigenvalue weighted by Crippen LogP contribution is 2.33. The third-order valence-electron chi connectivity index (χ3n) is 17.8. The minimum Gasteiger partial charge on any atom is -0.394 e. The van der Waals surface area contributed by atoms with E-state index in [9.17, 15) is 61.0 Å². The minimum atomic E-state index is -1.97. The number of ether oxygens (including phenoxy) is 6. The van der Waals surface area contributed by atoms with Crippen LogP contribution in [0.3, 0.4) is 0 Å². The van der Waals surface area contributed by atoms with Crippen LogP contribution in [-0.2, 0) is 33.2 Å². The zero-order valence-corrected chi connectivity index (χ0v) is 54.0. The Morgan fingerprint density at radius 2 is 0.759 bits per heavy atom. The first-order valence-corrected chi connectivity index (χ1v) is 35.1. The van der Waals surface area contributed by atoms with E-state index in [1.54, 1.807) is 0 Å². The van der Waals surface area contributed by atoms with Gasteiger partial charge in [0.2, 0.25) is 5.91 Å². The average Bonchev–Trinajstić information content (AvgIpc) is 2.36. The number of hydrogen-bond acceptors (Lipinski definition) is 18. The van der Waals surface area contributed by atoms with Gasteiger partial charge in [-0.05, 0) is 44.9 Å². The SMILES string of the molecule is CCCCCC/C=C\C/C=C\CCCCCCCCCC(=O)NC(COC1OC(CO)C(OC2OC(CO)C(OC3OC(CO)C(O)C(O)C3O)C(O)C2O)C(O)C1O)C(O)CCCCCCCCCCCCCCCCCCCCCCCCCC. The van der Waals surface area contributed by atoms with Crippen LogP contribution in [0.2, 0.25) is 0 Å². The van der Waals surface area contributed by atoms with Gasteiger partial charge in [0, 0.05) is 6.42 Å². The second kappa shape index (κ2) is 50.8. The van der Waals surface area contributed by atoms with Crippen LogP contribution in [-0.4, -0.2) is 193 Å². The summed E-state index contributed by atoms with van der Waals surface area (Å²) < 4.78 is 34.4. The van der Waals surface area contributed by atoms with E-state index in [2.05, 4.69) is 43.5 Å². The molecule has 0 aromatic carbocycles. The molecule has 0 aromatic heterocycles. The fourth-order valence-corrected chi connectivity index (χ4v) is 12.1. The summed E-state index contributed by atoms with van der Waals surface area (Å²) in [6.07, 6.45) is 29.6. The fraction of sp³-hybridized carbons (Fsp3) is 0.926. The van der Waals surface area contributed by atoms with Crippen LogP contribution in [0.1, 0.15) is 271 Å². The number of hydrogen-bond donors (Lipinski definition) is 12. The molecule has 0 aliphatic carbocycles. The lowest BCUT2D eigenvalue weighted by Crippen LogP contribution is -2.66. The molecule has 1 amide bonds. The Kier molecular flexibility index (Phi) is 46.4. The molecular formula is C68H127NO18. The Labute approximate surface area is 524 Å². The third-order valence-corrected chi connectivity index (χ3v) is 17.8. The normalized spacial score (nSPS) is 28.7. The van der Waals surface area contributed by atoms with E-state index in [0.29, 0.717) is 12.8 Å². The van der Waals surface area contributed by atoms with E-state index in [4.69, 9.17) is 28.4 Å². The van der Waals surface area contributed by atoms with Gasteiger partial charge in [-0.15, -0.1) is 0 Å². The quantitative estimate of drug-likeness (QED) is 0.0200. The molecule has 3 aliphatic heterocycles. The van der Waals surface area contributed by atoms with Crippen molar-refractivity contribution in [3.8, 4) is 0 Å². The topological polar surface area (TPSA) is 307 Å². The number of allylic oxidation sites excluding steroid dienone is 4. The molecule has 0 spiro atoms. The first-order chi connectivity index (χ1) is 42.3. The molecule has 3 rings (SSSR count). The van der Waals surface area contributed by atoms with E-state index < -0.39 is 124 Å². The minimum absolute atomic E-state index is 0.248. The van der Waals surface area contributed by atoms with Crippen LogP contribution in [0.15, 0.2) is 24.3 Å². The third kappa shape index (κ3) is 33.1. The molecule has 3 saturated heterocycles. The summed E-state index contributed by atoms with van der Waals surface area (Å²) in [6.45, 7) is 1.80. The molecule has 0 bridgehead atoms. The van der Waals surface area contributed by atoms with Gasteiger partial charge in [0.05, 0.1) is 38.6 Å². The highest BCUT2D eigenvalue weighted by molar-refractivity contribution is 5.76. The molecule has 12 N–H and O–H groups in total. The van der Waals surface area contributed by atoms with E-state index in [0.717, 1.165) is 70.6 Å². The molecule has 0 aromatic rings. The molecule has 3 aliphatic rings. The maximum absolute atomic E-state index is 13.4. The van der Waals surface area contributed by atoms with Gasteiger partial charge in [0.25, 0.3) is 0 Å². The van der Waals surface area contributed by atoms with Crippen molar-refractivity contribution in [2.75, 3.05) is 26.4 Å². The highest BCUT2D eigenvalue weighted by atomic mass is 16.8. The Hall–Kier alpha value is -1.73. The molecule has 3 fully saturated rings. The summed E-state index contributed by atoms with van der Waals surface area (Å²) in [5.41, 5.74) is 0. The molecule has 0 radical (unpaired) electrons. The number of carbonyl (C=O) groups excluding carboxylic acids is 1. The Morgan fingerprint density at radius 1 is 0.414 bits per heavy atom. The summed E-state index contributed by atoms with van der Waals surface area (Å²) in [5, 5.41) is 121. The fourth-order valence-electron chi connectivity index (χ4n) is 12.1. The van der Waals surface area contributed by atoms with Gasteiger partial charge in [0.15, 0.2) is 18.9 Å². The number of carbonyl (C=O) groups is 1. The molecule has 0 saturated carbocycles. The van der Waals surface area contributed by atoms with Crippen molar-refractivity contribution in [2.45, 2.75) is 375 Å². The molecule has 19 nitrogen and oxygen atoms in total. The molecule has 512 valence electrons. The van der Waals surface area contributed by atoms with E-state index in [-0.39, 0.29) is 18.9 Å². The van der Waals surface area contributed by atoms with Crippen molar-refractivity contribution in [3.63, 3.8) is 0 Å². The molecule has 17 atom stereocenters. The highest BCUT2D eigenvalue weighted by Gasteiger charge is 2.53. The zero-order valence-electron chi connectivity index (χ0n) is 54.0. The van der Waals surface area contributed by atoms with E-state index in [1.807, 2.05) is 0 Å². The van der Waals surface area contributed by atoms with Crippen LogP contribution < -0.4 is 5.32 Å². The lowest BCUT2D eigenvalue weighted by atomic mass is 9.96. The number of amides is 1. The lowest BCUT2D eigenvalue weighted by molar-refractivity contribution is -0.379. The zero-order chi connectivity index (χ0) is 63.3. The van der Waals surface area contributed by atoms with Gasteiger partial charge >= 0.3 is 0 Å². The molecule has 87 heavy (non-hydrogen) atoms. The van der Waals surface area contributed by atoms with Crippen molar-refractivity contribution in [1.82, 2.24) is 5.32 Å². The van der Waals surface area contributed by atoms with Crippen molar-refractivity contribution in [3.05, 3.63) is 24.3 Å².